The Bertz CT molecular complexity index is 813. The van der Waals surface area contributed by atoms with E-state index >= 15 is 0 Å². The fourth-order valence-corrected chi connectivity index (χ4v) is 2.67. The fourth-order valence-electron chi connectivity index (χ4n) is 2.67. The molecule has 1 heterocycles. The largest absolute Gasteiger partial charge is 0.366 e. The van der Waals surface area contributed by atoms with Gasteiger partial charge < -0.3 is 5.73 Å². The summed E-state index contributed by atoms with van der Waals surface area (Å²) in [4.78, 5) is 15.9. The van der Waals surface area contributed by atoms with Crippen molar-refractivity contribution in [3.63, 3.8) is 0 Å². The molecule has 0 aliphatic rings. The minimum Gasteiger partial charge on any atom is -0.366 e. The van der Waals surface area contributed by atoms with E-state index < -0.39 is 0 Å². The summed E-state index contributed by atoms with van der Waals surface area (Å²) in [6.45, 7) is 0. The molecular weight excluding hydrogens is 284 g/mol. The predicted molar refractivity (Wildman–Crippen MR) is 92.0 cm³/mol. The van der Waals surface area contributed by atoms with Crippen molar-refractivity contribution < 1.29 is 4.79 Å². The van der Waals surface area contributed by atoms with Crippen molar-refractivity contribution in [2.45, 2.75) is 12.8 Å². The summed E-state index contributed by atoms with van der Waals surface area (Å²) in [7, 11) is 0. The molecule has 3 heteroatoms. The van der Waals surface area contributed by atoms with Gasteiger partial charge in [-0.1, -0.05) is 48.5 Å². The lowest BCUT2D eigenvalue weighted by Gasteiger charge is -2.07. The summed E-state index contributed by atoms with van der Waals surface area (Å²) < 4.78 is 0. The second kappa shape index (κ2) is 6.88. The third-order valence-electron chi connectivity index (χ3n) is 3.86. The van der Waals surface area contributed by atoms with E-state index in [2.05, 4.69) is 23.2 Å². The van der Waals surface area contributed by atoms with E-state index in [0.717, 1.165) is 29.7 Å². The van der Waals surface area contributed by atoms with Gasteiger partial charge in [0.05, 0.1) is 0 Å². The number of nitrogens with two attached hydrogens (primary N) is 1. The Kier molecular flexibility index (Phi) is 4.48. The van der Waals surface area contributed by atoms with Gasteiger partial charge in [-0.25, -0.2) is 0 Å². The summed E-state index contributed by atoms with van der Waals surface area (Å²) in [6.07, 6.45) is 3.34. The third kappa shape index (κ3) is 3.64. The molecule has 0 unspecified atom stereocenters. The van der Waals surface area contributed by atoms with E-state index in [1.807, 2.05) is 48.7 Å². The van der Waals surface area contributed by atoms with E-state index in [0.29, 0.717) is 5.56 Å². The highest BCUT2D eigenvalue weighted by molar-refractivity contribution is 5.94. The number of primary amides is 1. The lowest BCUT2D eigenvalue weighted by molar-refractivity contribution is 0.0999. The number of hydrogen-bond donors (Lipinski definition) is 1. The average Bonchev–Trinajstić information content (AvgIpc) is 2.61. The number of pyridine rings is 1. The van der Waals surface area contributed by atoms with Gasteiger partial charge in [-0.15, -0.1) is 0 Å². The summed E-state index contributed by atoms with van der Waals surface area (Å²) in [5.41, 5.74) is 10.3. The van der Waals surface area contributed by atoms with E-state index in [1.165, 1.54) is 5.56 Å². The van der Waals surface area contributed by atoms with Crippen LogP contribution in [0.3, 0.4) is 0 Å². The van der Waals surface area contributed by atoms with Gasteiger partial charge in [-0.05, 0) is 47.7 Å². The van der Waals surface area contributed by atoms with Crippen molar-refractivity contribution in [1.29, 1.82) is 0 Å². The molecule has 1 amide bonds. The summed E-state index contributed by atoms with van der Waals surface area (Å²) in [5, 5.41) is 0. The topological polar surface area (TPSA) is 56.0 Å². The molecule has 0 aliphatic carbocycles. The van der Waals surface area contributed by atoms with Crippen molar-refractivity contribution in [3.05, 3.63) is 89.7 Å². The first-order chi connectivity index (χ1) is 11.2. The normalized spacial score (nSPS) is 10.4. The first-order valence-corrected chi connectivity index (χ1v) is 7.62. The number of carbonyl (C=O) groups excluding carboxylic acids is 1. The van der Waals surface area contributed by atoms with Crippen molar-refractivity contribution in [2.75, 3.05) is 0 Å². The molecule has 1 aromatic heterocycles. The average molecular weight is 302 g/mol. The molecule has 2 aromatic carbocycles. The van der Waals surface area contributed by atoms with Crippen molar-refractivity contribution in [2.24, 2.45) is 5.73 Å². The molecule has 0 spiro atoms. The van der Waals surface area contributed by atoms with Crippen molar-refractivity contribution in [1.82, 2.24) is 4.98 Å². The van der Waals surface area contributed by atoms with Crippen molar-refractivity contribution in [3.8, 4) is 11.1 Å². The standard InChI is InChI=1S/C20H18N2O/c21-20(23)19-9-5-4-8-16(19)10-11-18-14-17(12-13-22-18)15-6-2-1-3-7-15/h1-9,12-14H,10-11H2,(H2,21,23). The summed E-state index contributed by atoms with van der Waals surface area (Å²) >= 11 is 0. The first-order valence-electron chi connectivity index (χ1n) is 7.62. The second-order valence-corrected chi connectivity index (χ2v) is 5.42. The van der Waals surface area contributed by atoms with Crippen LogP contribution in [0.4, 0.5) is 0 Å². The lowest BCUT2D eigenvalue weighted by Crippen LogP contribution is -2.14. The molecule has 3 rings (SSSR count). The number of amides is 1. The Morgan fingerprint density at radius 3 is 2.39 bits per heavy atom. The molecule has 0 bridgehead atoms. The van der Waals surface area contributed by atoms with Crippen LogP contribution in [0.5, 0.6) is 0 Å². The number of rotatable bonds is 5. The number of benzene rings is 2. The number of carbonyl (C=O) groups is 1. The van der Waals surface area contributed by atoms with E-state index in [-0.39, 0.29) is 5.91 Å². The van der Waals surface area contributed by atoms with Gasteiger partial charge in [0.1, 0.15) is 0 Å². The first kappa shape index (κ1) is 15.0. The molecule has 114 valence electrons. The molecule has 0 saturated carbocycles. The van der Waals surface area contributed by atoms with E-state index in [9.17, 15) is 4.79 Å². The summed E-state index contributed by atoms with van der Waals surface area (Å²) in [6, 6.07) is 21.8. The SMILES string of the molecule is NC(=O)c1ccccc1CCc1cc(-c2ccccc2)ccn1. The fraction of sp³-hybridized carbons (Fsp3) is 0.100. The highest BCUT2D eigenvalue weighted by Gasteiger charge is 2.08. The molecule has 3 aromatic rings. The van der Waals surface area contributed by atoms with Crippen LogP contribution in [0.1, 0.15) is 21.6 Å². The zero-order chi connectivity index (χ0) is 16.1. The lowest BCUT2D eigenvalue weighted by atomic mass is 10.00. The maximum Gasteiger partial charge on any atom is 0.248 e. The van der Waals surface area contributed by atoms with Crippen LogP contribution < -0.4 is 5.73 Å². The van der Waals surface area contributed by atoms with Crippen LogP contribution in [-0.2, 0) is 12.8 Å². The zero-order valence-corrected chi connectivity index (χ0v) is 12.8. The zero-order valence-electron chi connectivity index (χ0n) is 12.8. The summed E-state index contributed by atoms with van der Waals surface area (Å²) in [5.74, 6) is -0.383. The maximum atomic E-state index is 11.5. The predicted octanol–water partition coefficient (Wildman–Crippen LogP) is 3.63. The maximum absolute atomic E-state index is 11.5. The molecule has 3 nitrogen and oxygen atoms in total. The van der Waals surface area contributed by atoms with Gasteiger partial charge in [0.15, 0.2) is 0 Å². The Labute approximate surface area is 135 Å². The Balaban J connectivity index is 1.78. The molecule has 2 N–H and O–H groups in total. The molecule has 0 radical (unpaired) electrons. The van der Waals surface area contributed by atoms with Gasteiger partial charge in [0.25, 0.3) is 0 Å². The highest BCUT2D eigenvalue weighted by atomic mass is 16.1. The Morgan fingerprint density at radius 1 is 0.870 bits per heavy atom. The molecule has 0 aliphatic heterocycles. The van der Waals surface area contributed by atoms with Crippen LogP contribution in [0, 0.1) is 0 Å². The molecule has 0 saturated heterocycles. The number of aromatic nitrogens is 1. The van der Waals surface area contributed by atoms with Gasteiger partial charge in [0, 0.05) is 17.5 Å². The van der Waals surface area contributed by atoms with Gasteiger partial charge >= 0.3 is 0 Å². The quantitative estimate of drug-likeness (QED) is 0.782. The van der Waals surface area contributed by atoms with Gasteiger partial charge in [-0.3, -0.25) is 9.78 Å². The minimum atomic E-state index is -0.383. The number of hydrogen-bond acceptors (Lipinski definition) is 2. The van der Waals surface area contributed by atoms with Crippen LogP contribution >= 0.6 is 0 Å². The van der Waals surface area contributed by atoms with E-state index in [1.54, 1.807) is 6.07 Å². The van der Waals surface area contributed by atoms with Crippen molar-refractivity contribution >= 4 is 5.91 Å². The second-order valence-electron chi connectivity index (χ2n) is 5.42. The van der Waals surface area contributed by atoms with Crippen LogP contribution in [0.25, 0.3) is 11.1 Å². The molecule has 0 atom stereocenters. The number of nitrogens with zero attached hydrogens (tertiary/aromatic N) is 1. The number of aryl methyl sites for hydroxylation is 2. The third-order valence-corrected chi connectivity index (χ3v) is 3.86. The van der Waals surface area contributed by atoms with Gasteiger partial charge in [0.2, 0.25) is 5.91 Å². The van der Waals surface area contributed by atoms with Crippen LogP contribution in [-0.4, -0.2) is 10.9 Å². The smallest absolute Gasteiger partial charge is 0.248 e. The van der Waals surface area contributed by atoms with Crippen LogP contribution in [0.2, 0.25) is 0 Å². The Hall–Kier alpha value is -2.94. The van der Waals surface area contributed by atoms with Gasteiger partial charge in [-0.2, -0.15) is 0 Å². The minimum absolute atomic E-state index is 0.383. The monoisotopic (exact) mass is 302 g/mol. The molecule has 0 fully saturated rings. The molecule has 23 heavy (non-hydrogen) atoms. The highest BCUT2D eigenvalue weighted by Crippen LogP contribution is 2.20. The van der Waals surface area contributed by atoms with E-state index in [4.69, 9.17) is 5.73 Å². The Morgan fingerprint density at radius 2 is 1.61 bits per heavy atom. The molecular formula is C20H18N2O. The van der Waals surface area contributed by atoms with Crippen LogP contribution in [0.15, 0.2) is 72.9 Å².